The standard InChI is InChI=1S/C18H22Cl2NO3P/c1-12(2)24-25(23,15-8-6-14(7-9-15)21(3)4)18(22)16-10-5-13(19)11-17(16)20/h5-12,18,22H,1-4H3. The van der Waals surface area contributed by atoms with Gasteiger partial charge in [0.15, 0.2) is 5.85 Å². The van der Waals surface area contributed by atoms with Crippen molar-refractivity contribution in [1.29, 1.82) is 0 Å². The fourth-order valence-electron chi connectivity index (χ4n) is 2.43. The minimum Gasteiger partial charge on any atom is -0.378 e. The second-order valence-electron chi connectivity index (χ2n) is 6.20. The van der Waals surface area contributed by atoms with Gasteiger partial charge in [-0.1, -0.05) is 29.3 Å². The van der Waals surface area contributed by atoms with E-state index in [1.807, 2.05) is 31.1 Å². The maximum atomic E-state index is 13.7. The number of nitrogens with zero attached hydrogens (tertiary/aromatic N) is 1. The third kappa shape index (κ3) is 4.58. The Hall–Kier alpha value is -1.03. The molecule has 2 aromatic rings. The maximum absolute atomic E-state index is 13.7. The van der Waals surface area contributed by atoms with Crippen LogP contribution in [0.2, 0.25) is 10.0 Å². The van der Waals surface area contributed by atoms with Crippen LogP contribution < -0.4 is 10.2 Å². The molecule has 2 rings (SSSR count). The molecule has 0 radical (unpaired) electrons. The first-order valence-electron chi connectivity index (χ1n) is 7.84. The highest BCUT2D eigenvalue weighted by molar-refractivity contribution is 7.67. The molecule has 0 bridgehead atoms. The van der Waals surface area contributed by atoms with E-state index in [0.717, 1.165) is 5.69 Å². The number of aliphatic hydroxyl groups excluding tert-OH is 1. The molecule has 0 aliphatic heterocycles. The molecule has 7 heteroatoms. The summed E-state index contributed by atoms with van der Waals surface area (Å²) in [6, 6.07) is 11.8. The summed E-state index contributed by atoms with van der Waals surface area (Å²) in [5.74, 6) is -1.38. The number of halogens is 2. The summed E-state index contributed by atoms with van der Waals surface area (Å²) < 4.78 is 19.4. The molecule has 0 aliphatic carbocycles. The van der Waals surface area contributed by atoms with Crippen LogP contribution >= 0.6 is 30.6 Å². The van der Waals surface area contributed by atoms with Crippen molar-refractivity contribution in [2.24, 2.45) is 0 Å². The molecule has 0 saturated heterocycles. The third-order valence-electron chi connectivity index (χ3n) is 3.66. The van der Waals surface area contributed by atoms with E-state index in [9.17, 15) is 9.67 Å². The zero-order valence-corrected chi connectivity index (χ0v) is 17.0. The molecule has 25 heavy (non-hydrogen) atoms. The summed E-state index contributed by atoms with van der Waals surface area (Å²) in [4.78, 5) is 1.94. The quantitative estimate of drug-likeness (QED) is 0.685. The molecule has 0 fully saturated rings. The van der Waals surface area contributed by atoms with Crippen LogP contribution in [0.5, 0.6) is 0 Å². The van der Waals surface area contributed by atoms with Gasteiger partial charge in [-0.2, -0.15) is 0 Å². The number of aliphatic hydroxyl groups is 1. The Morgan fingerprint density at radius 3 is 2.16 bits per heavy atom. The van der Waals surface area contributed by atoms with Crippen LogP contribution in [0.3, 0.4) is 0 Å². The van der Waals surface area contributed by atoms with Gasteiger partial charge in [-0.3, -0.25) is 4.57 Å². The zero-order valence-electron chi connectivity index (χ0n) is 14.6. The molecule has 2 atom stereocenters. The second-order valence-corrected chi connectivity index (χ2v) is 9.46. The minimum absolute atomic E-state index is 0.248. The lowest BCUT2D eigenvalue weighted by atomic mass is 10.2. The summed E-state index contributed by atoms with van der Waals surface area (Å²) in [7, 11) is 0.213. The van der Waals surface area contributed by atoms with E-state index in [1.54, 1.807) is 38.1 Å². The number of hydrogen-bond acceptors (Lipinski definition) is 4. The monoisotopic (exact) mass is 401 g/mol. The lowest BCUT2D eigenvalue weighted by molar-refractivity contribution is 0.189. The highest BCUT2D eigenvalue weighted by Gasteiger charge is 2.38. The van der Waals surface area contributed by atoms with Crippen molar-refractivity contribution < 1.29 is 14.2 Å². The van der Waals surface area contributed by atoms with Crippen LogP contribution in [-0.2, 0) is 9.09 Å². The van der Waals surface area contributed by atoms with E-state index < -0.39 is 13.2 Å². The van der Waals surface area contributed by atoms with Gasteiger partial charge in [-0.05, 0) is 50.2 Å². The van der Waals surface area contributed by atoms with Crippen LogP contribution in [0.25, 0.3) is 0 Å². The molecular formula is C18H22Cl2NO3P. The average molecular weight is 402 g/mol. The van der Waals surface area contributed by atoms with E-state index in [0.29, 0.717) is 15.9 Å². The van der Waals surface area contributed by atoms with E-state index in [1.165, 1.54) is 6.07 Å². The molecule has 0 aromatic heterocycles. The predicted octanol–water partition coefficient (Wildman–Crippen LogP) is 5.08. The second kappa shape index (κ2) is 8.11. The van der Waals surface area contributed by atoms with E-state index in [2.05, 4.69) is 0 Å². The predicted molar refractivity (Wildman–Crippen MR) is 106 cm³/mol. The fourth-order valence-corrected chi connectivity index (χ4v) is 5.32. The number of benzene rings is 2. The number of hydrogen-bond donors (Lipinski definition) is 1. The number of anilines is 1. The smallest absolute Gasteiger partial charge is 0.264 e. The van der Waals surface area contributed by atoms with Crippen LogP contribution in [0.1, 0.15) is 25.3 Å². The largest absolute Gasteiger partial charge is 0.378 e. The molecule has 1 N–H and O–H groups in total. The minimum atomic E-state index is -3.62. The fraction of sp³-hybridized carbons (Fsp3) is 0.333. The molecule has 0 aliphatic rings. The molecule has 0 amide bonds. The first-order valence-corrected chi connectivity index (χ1v) is 10.3. The molecule has 4 nitrogen and oxygen atoms in total. The molecule has 136 valence electrons. The summed E-state index contributed by atoms with van der Waals surface area (Å²) >= 11 is 12.1. The Balaban J connectivity index is 2.51. The van der Waals surface area contributed by atoms with Gasteiger partial charge in [-0.25, -0.2) is 0 Å². The Kier molecular flexibility index (Phi) is 6.58. The van der Waals surface area contributed by atoms with E-state index >= 15 is 0 Å². The van der Waals surface area contributed by atoms with Gasteiger partial charge in [0, 0.05) is 40.7 Å². The van der Waals surface area contributed by atoms with Crippen LogP contribution in [0.15, 0.2) is 42.5 Å². The maximum Gasteiger partial charge on any atom is 0.264 e. The Morgan fingerprint density at radius 2 is 1.68 bits per heavy atom. The molecule has 0 saturated carbocycles. The van der Waals surface area contributed by atoms with Crippen molar-refractivity contribution in [2.45, 2.75) is 25.8 Å². The Bertz CT molecular complexity index is 778. The highest BCUT2D eigenvalue weighted by Crippen LogP contribution is 2.59. The van der Waals surface area contributed by atoms with Crippen molar-refractivity contribution in [3.8, 4) is 0 Å². The summed E-state index contributed by atoms with van der Waals surface area (Å²) in [6.45, 7) is 3.55. The number of rotatable bonds is 6. The van der Waals surface area contributed by atoms with Crippen molar-refractivity contribution >= 4 is 41.6 Å². The van der Waals surface area contributed by atoms with Crippen LogP contribution in [-0.4, -0.2) is 25.3 Å². The summed E-state index contributed by atoms with van der Waals surface area (Å²) in [5, 5.41) is 12.0. The average Bonchev–Trinajstić information content (AvgIpc) is 2.53. The summed E-state index contributed by atoms with van der Waals surface area (Å²) in [6.07, 6.45) is -0.333. The zero-order chi connectivity index (χ0) is 18.8. The highest BCUT2D eigenvalue weighted by atomic mass is 35.5. The molecule has 2 unspecified atom stereocenters. The van der Waals surface area contributed by atoms with Gasteiger partial charge >= 0.3 is 0 Å². The molecule has 0 spiro atoms. The van der Waals surface area contributed by atoms with E-state index in [-0.39, 0.29) is 11.1 Å². The lowest BCUT2D eigenvalue weighted by Crippen LogP contribution is -2.18. The first kappa shape index (κ1) is 20.3. The molecule has 0 heterocycles. The van der Waals surface area contributed by atoms with Crippen molar-refractivity contribution in [2.75, 3.05) is 19.0 Å². The SMILES string of the molecule is CC(C)OP(=O)(c1ccc(N(C)C)cc1)C(O)c1ccc(Cl)cc1Cl. The summed E-state index contributed by atoms with van der Waals surface area (Å²) in [5.41, 5.74) is 1.28. The topological polar surface area (TPSA) is 49.8 Å². The van der Waals surface area contributed by atoms with Gasteiger partial charge in [0.05, 0.1) is 6.10 Å². The van der Waals surface area contributed by atoms with Crippen LogP contribution in [0.4, 0.5) is 5.69 Å². The molecule has 2 aromatic carbocycles. The van der Waals surface area contributed by atoms with Crippen molar-refractivity contribution in [1.82, 2.24) is 0 Å². The Morgan fingerprint density at radius 1 is 1.08 bits per heavy atom. The van der Waals surface area contributed by atoms with Gasteiger partial charge < -0.3 is 14.5 Å². The normalized spacial score (nSPS) is 15.0. The Labute approximate surface area is 158 Å². The molecular weight excluding hydrogens is 380 g/mol. The van der Waals surface area contributed by atoms with Gasteiger partial charge in [0.2, 0.25) is 0 Å². The van der Waals surface area contributed by atoms with Crippen LogP contribution in [0, 0.1) is 0 Å². The van der Waals surface area contributed by atoms with Crippen molar-refractivity contribution in [3.05, 3.63) is 58.1 Å². The van der Waals surface area contributed by atoms with Gasteiger partial charge in [-0.15, -0.1) is 0 Å². The lowest BCUT2D eigenvalue weighted by Gasteiger charge is -2.27. The van der Waals surface area contributed by atoms with Gasteiger partial charge in [0.25, 0.3) is 7.37 Å². The van der Waals surface area contributed by atoms with Crippen molar-refractivity contribution in [3.63, 3.8) is 0 Å². The first-order chi connectivity index (χ1) is 11.6. The van der Waals surface area contributed by atoms with Gasteiger partial charge in [0.1, 0.15) is 0 Å². The van der Waals surface area contributed by atoms with E-state index in [4.69, 9.17) is 27.7 Å². The third-order valence-corrected chi connectivity index (χ3v) is 6.89.